The van der Waals surface area contributed by atoms with Crippen LogP contribution in [0.15, 0.2) is 67.5 Å². The molecule has 0 radical (unpaired) electrons. The summed E-state index contributed by atoms with van der Waals surface area (Å²) in [6.07, 6.45) is 3.66. The fourth-order valence-electron chi connectivity index (χ4n) is 2.30. The smallest absolute Gasteiger partial charge is 0.258 e. The molecule has 2 aromatic carbocycles. The van der Waals surface area contributed by atoms with E-state index in [0.29, 0.717) is 0 Å². The van der Waals surface area contributed by atoms with Gasteiger partial charge in [0.05, 0.1) is 17.4 Å². The number of amides is 2. The first-order chi connectivity index (χ1) is 13.0. The lowest BCUT2D eigenvalue weighted by molar-refractivity contribution is -0.111. The Bertz CT molecular complexity index is 1030. The number of carbonyl (C=O) groups excluding carboxylic acids is 2. The van der Waals surface area contributed by atoms with Gasteiger partial charge in [0.2, 0.25) is 5.91 Å². The van der Waals surface area contributed by atoms with Crippen molar-refractivity contribution in [2.24, 2.45) is 0 Å². The quantitative estimate of drug-likeness (QED) is 0.677. The van der Waals surface area contributed by atoms with Gasteiger partial charge in [-0.25, -0.2) is 13.5 Å². The van der Waals surface area contributed by atoms with E-state index < -0.39 is 23.4 Å². The molecule has 0 bridgehead atoms. The van der Waals surface area contributed by atoms with Gasteiger partial charge >= 0.3 is 0 Å². The minimum Gasteiger partial charge on any atom is -0.322 e. The van der Waals surface area contributed by atoms with Crippen molar-refractivity contribution in [2.75, 3.05) is 10.6 Å². The van der Waals surface area contributed by atoms with Crippen molar-refractivity contribution < 1.29 is 18.4 Å². The van der Waals surface area contributed by atoms with Crippen LogP contribution in [0.3, 0.4) is 0 Å². The van der Waals surface area contributed by atoms with Crippen molar-refractivity contribution >= 4 is 23.2 Å². The minimum atomic E-state index is -0.657. The molecule has 0 aliphatic carbocycles. The summed E-state index contributed by atoms with van der Waals surface area (Å²) in [6, 6.07) is 9.74. The number of hydrogen-bond acceptors (Lipinski definition) is 3. The molecule has 3 aromatic rings. The Balaban J connectivity index is 1.78. The third kappa shape index (κ3) is 4.06. The molecule has 0 saturated carbocycles. The molecule has 3 rings (SSSR count). The summed E-state index contributed by atoms with van der Waals surface area (Å²) in [6.45, 7) is 3.29. The van der Waals surface area contributed by atoms with Crippen LogP contribution < -0.4 is 10.6 Å². The molecule has 6 nitrogen and oxygen atoms in total. The highest BCUT2D eigenvalue weighted by molar-refractivity contribution is 6.05. The third-order valence-electron chi connectivity index (χ3n) is 3.61. The van der Waals surface area contributed by atoms with E-state index in [9.17, 15) is 18.4 Å². The number of para-hydroxylation sites is 1. The first kappa shape index (κ1) is 18.0. The molecule has 0 unspecified atom stereocenters. The first-order valence-electron chi connectivity index (χ1n) is 7.82. The molecular formula is C19H14F2N4O2. The van der Waals surface area contributed by atoms with Gasteiger partial charge in [-0.1, -0.05) is 18.7 Å². The van der Waals surface area contributed by atoms with Crippen molar-refractivity contribution in [3.05, 3.63) is 84.7 Å². The van der Waals surface area contributed by atoms with E-state index in [2.05, 4.69) is 22.3 Å². The number of hydrogen-bond donors (Lipinski definition) is 2. The number of carbonyl (C=O) groups is 2. The van der Waals surface area contributed by atoms with Crippen molar-refractivity contribution in [1.29, 1.82) is 0 Å². The molecule has 0 saturated heterocycles. The molecular weight excluding hydrogens is 354 g/mol. The van der Waals surface area contributed by atoms with E-state index in [1.165, 1.54) is 41.3 Å². The fourth-order valence-corrected chi connectivity index (χ4v) is 2.30. The van der Waals surface area contributed by atoms with E-state index in [1.807, 2.05) is 0 Å². The van der Waals surface area contributed by atoms with E-state index in [1.54, 1.807) is 12.1 Å². The fraction of sp³-hybridized carbons (Fsp3) is 0. The van der Waals surface area contributed by atoms with Crippen LogP contribution in [0.4, 0.5) is 20.2 Å². The van der Waals surface area contributed by atoms with E-state index in [0.717, 1.165) is 12.1 Å². The SMILES string of the molecule is C=CC(=O)Nc1cc(NC(=O)c2cnn(-c3ccccc3F)c2)ccc1F. The Morgan fingerprint density at radius 3 is 2.59 bits per heavy atom. The number of benzene rings is 2. The maximum atomic E-state index is 13.8. The molecule has 0 aliphatic rings. The van der Waals surface area contributed by atoms with Gasteiger partial charge in [0, 0.05) is 11.9 Å². The average Bonchev–Trinajstić information content (AvgIpc) is 3.14. The Morgan fingerprint density at radius 2 is 1.85 bits per heavy atom. The van der Waals surface area contributed by atoms with Crippen LogP contribution in [0.25, 0.3) is 5.69 Å². The summed E-state index contributed by atoms with van der Waals surface area (Å²) in [7, 11) is 0. The summed E-state index contributed by atoms with van der Waals surface area (Å²) in [5.41, 5.74) is 0.547. The van der Waals surface area contributed by atoms with Crippen LogP contribution in [-0.2, 0) is 4.79 Å². The molecule has 1 aromatic heterocycles. The van der Waals surface area contributed by atoms with Gasteiger partial charge in [0.25, 0.3) is 5.91 Å². The molecule has 0 atom stereocenters. The predicted octanol–water partition coefficient (Wildman–Crippen LogP) is 3.53. The number of halogens is 2. The zero-order valence-corrected chi connectivity index (χ0v) is 13.9. The average molecular weight is 368 g/mol. The zero-order valence-electron chi connectivity index (χ0n) is 13.9. The van der Waals surface area contributed by atoms with Crippen LogP contribution in [-0.4, -0.2) is 21.6 Å². The summed E-state index contributed by atoms with van der Waals surface area (Å²) >= 11 is 0. The summed E-state index contributed by atoms with van der Waals surface area (Å²) in [5.74, 6) is -2.24. The number of anilines is 2. The van der Waals surface area contributed by atoms with Crippen molar-refractivity contribution in [1.82, 2.24) is 9.78 Å². The van der Waals surface area contributed by atoms with Gasteiger partial charge in [-0.3, -0.25) is 9.59 Å². The second-order valence-electron chi connectivity index (χ2n) is 5.47. The molecule has 27 heavy (non-hydrogen) atoms. The largest absolute Gasteiger partial charge is 0.322 e. The maximum absolute atomic E-state index is 13.8. The van der Waals surface area contributed by atoms with Crippen LogP contribution in [0.1, 0.15) is 10.4 Å². The van der Waals surface area contributed by atoms with Crippen molar-refractivity contribution in [3.63, 3.8) is 0 Å². The number of nitrogens with zero attached hydrogens (tertiary/aromatic N) is 2. The van der Waals surface area contributed by atoms with E-state index in [-0.39, 0.29) is 22.6 Å². The Hall–Kier alpha value is -3.81. The van der Waals surface area contributed by atoms with Crippen LogP contribution in [0.5, 0.6) is 0 Å². The maximum Gasteiger partial charge on any atom is 0.258 e. The lowest BCUT2D eigenvalue weighted by Gasteiger charge is -2.08. The second kappa shape index (κ2) is 7.61. The van der Waals surface area contributed by atoms with Crippen molar-refractivity contribution in [3.8, 4) is 5.69 Å². The number of nitrogens with one attached hydrogen (secondary N) is 2. The Kier molecular flexibility index (Phi) is 5.07. The molecule has 2 N–H and O–H groups in total. The molecule has 0 fully saturated rings. The normalized spacial score (nSPS) is 10.3. The Morgan fingerprint density at radius 1 is 1.07 bits per heavy atom. The third-order valence-corrected chi connectivity index (χ3v) is 3.61. The summed E-state index contributed by atoms with van der Waals surface area (Å²) < 4.78 is 28.8. The summed E-state index contributed by atoms with van der Waals surface area (Å²) in [4.78, 5) is 23.7. The standard InChI is InChI=1S/C19H14F2N4O2/c1-2-18(26)24-16-9-13(7-8-14(16)20)23-19(27)12-10-22-25(11-12)17-6-4-3-5-15(17)21/h2-11H,1H2,(H,23,27)(H,24,26). The zero-order chi connectivity index (χ0) is 19.4. The van der Waals surface area contributed by atoms with Gasteiger partial charge in [-0.2, -0.15) is 5.10 Å². The lowest BCUT2D eigenvalue weighted by Crippen LogP contribution is -2.13. The van der Waals surface area contributed by atoms with Gasteiger partial charge in [0.15, 0.2) is 0 Å². The molecule has 0 aliphatic heterocycles. The van der Waals surface area contributed by atoms with Gasteiger partial charge in [-0.05, 0) is 36.4 Å². The van der Waals surface area contributed by atoms with E-state index in [4.69, 9.17) is 0 Å². The topological polar surface area (TPSA) is 76.0 Å². The second-order valence-corrected chi connectivity index (χ2v) is 5.47. The highest BCUT2D eigenvalue weighted by atomic mass is 19.1. The van der Waals surface area contributed by atoms with Crippen LogP contribution >= 0.6 is 0 Å². The van der Waals surface area contributed by atoms with E-state index >= 15 is 0 Å². The molecule has 2 amide bonds. The predicted molar refractivity (Wildman–Crippen MR) is 96.7 cm³/mol. The summed E-state index contributed by atoms with van der Waals surface area (Å²) in [5, 5.41) is 8.85. The van der Waals surface area contributed by atoms with Gasteiger partial charge in [0.1, 0.15) is 17.3 Å². The van der Waals surface area contributed by atoms with Gasteiger partial charge in [-0.15, -0.1) is 0 Å². The Labute approximate surface area is 153 Å². The minimum absolute atomic E-state index is 0.0975. The van der Waals surface area contributed by atoms with Crippen LogP contribution in [0, 0.1) is 11.6 Å². The number of aromatic nitrogens is 2. The van der Waals surface area contributed by atoms with Crippen LogP contribution in [0.2, 0.25) is 0 Å². The molecule has 0 spiro atoms. The highest BCUT2D eigenvalue weighted by Gasteiger charge is 2.13. The van der Waals surface area contributed by atoms with Gasteiger partial charge < -0.3 is 10.6 Å². The molecule has 1 heterocycles. The first-order valence-corrected chi connectivity index (χ1v) is 7.82. The number of rotatable bonds is 5. The highest BCUT2D eigenvalue weighted by Crippen LogP contribution is 2.20. The van der Waals surface area contributed by atoms with Crippen molar-refractivity contribution in [2.45, 2.75) is 0 Å². The molecule has 136 valence electrons. The monoisotopic (exact) mass is 368 g/mol. The molecule has 8 heteroatoms. The lowest BCUT2D eigenvalue weighted by atomic mass is 10.2.